The SMILES string of the molecule is NC(=O)c1cccc(-c2ccc([C@@H](N)c3ccccc3)cc2)c1. The summed E-state index contributed by atoms with van der Waals surface area (Å²) in [4.78, 5) is 11.3. The van der Waals surface area contributed by atoms with Crippen LogP contribution in [0, 0.1) is 0 Å². The minimum absolute atomic E-state index is 0.151. The number of amides is 1. The number of hydrogen-bond acceptors (Lipinski definition) is 2. The van der Waals surface area contributed by atoms with Crippen LogP contribution >= 0.6 is 0 Å². The molecule has 0 unspecified atom stereocenters. The fraction of sp³-hybridized carbons (Fsp3) is 0.0500. The van der Waals surface area contributed by atoms with E-state index >= 15 is 0 Å². The molecule has 0 aliphatic heterocycles. The van der Waals surface area contributed by atoms with Crippen LogP contribution in [0.3, 0.4) is 0 Å². The van der Waals surface area contributed by atoms with E-state index in [0.717, 1.165) is 22.3 Å². The summed E-state index contributed by atoms with van der Waals surface area (Å²) in [6.45, 7) is 0. The molecule has 0 aliphatic rings. The molecular formula is C20H18N2O. The van der Waals surface area contributed by atoms with Crippen molar-refractivity contribution in [1.29, 1.82) is 0 Å². The van der Waals surface area contributed by atoms with Gasteiger partial charge in [0.2, 0.25) is 5.91 Å². The lowest BCUT2D eigenvalue weighted by Crippen LogP contribution is -2.11. The number of rotatable bonds is 4. The van der Waals surface area contributed by atoms with E-state index in [0.29, 0.717) is 5.56 Å². The van der Waals surface area contributed by atoms with Gasteiger partial charge in [-0.2, -0.15) is 0 Å². The molecule has 0 aromatic heterocycles. The second kappa shape index (κ2) is 6.46. The lowest BCUT2D eigenvalue weighted by atomic mass is 9.96. The van der Waals surface area contributed by atoms with E-state index in [9.17, 15) is 4.79 Å². The molecule has 0 heterocycles. The molecular weight excluding hydrogens is 284 g/mol. The molecule has 1 atom stereocenters. The number of carbonyl (C=O) groups excluding carboxylic acids is 1. The van der Waals surface area contributed by atoms with Gasteiger partial charge >= 0.3 is 0 Å². The first-order valence-electron chi connectivity index (χ1n) is 7.46. The molecule has 23 heavy (non-hydrogen) atoms. The summed E-state index contributed by atoms with van der Waals surface area (Å²) in [5.74, 6) is -0.422. The second-order valence-electron chi connectivity index (χ2n) is 5.46. The highest BCUT2D eigenvalue weighted by molar-refractivity contribution is 5.94. The molecule has 0 radical (unpaired) electrons. The molecule has 4 N–H and O–H groups in total. The lowest BCUT2D eigenvalue weighted by molar-refractivity contribution is 0.100. The average molecular weight is 302 g/mol. The van der Waals surface area contributed by atoms with Gasteiger partial charge in [0.1, 0.15) is 0 Å². The van der Waals surface area contributed by atoms with Crippen LogP contribution < -0.4 is 11.5 Å². The number of nitrogens with two attached hydrogens (primary N) is 2. The van der Waals surface area contributed by atoms with Gasteiger partial charge in [0.15, 0.2) is 0 Å². The molecule has 3 nitrogen and oxygen atoms in total. The van der Waals surface area contributed by atoms with E-state index in [1.165, 1.54) is 0 Å². The predicted octanol–water partition coefficient (Wildman–Crippen LogP) is 3.50. The molecule has 0 saturated heterocycles. The third-order valence-electron chi connectivity index (χ3n) is 3.91. The van der Waals surface area contributed by atoms with Crippen molar-refractivity contribution < 1.29 is 4.79 Å². The summed E-state index contributed by atoms with van der Waals surface area (Å²) < 4.78 is 0. The van der Waals surface area contributed by atoms with Crippen LogP contribution in [0.25, 0.3) is 11.1 Å². The molecule has 1 amide bonds. The molecule has 3 rings (SSSR count). The number of benzene rings is 3. The van der Waals surface area contributed by atoms with E-state index in [-0.39, 0.29) is 6.04 Å². The zero-order valence-corrected chi connectivity index (χ0v) is 12.6. The molecule has 0 bridgehead atoms. The second-order valence-corrected chi connectivity index (χ2v) is 5.46. The largest absolute Gasteiger partial charge is 0.366 e. The van der Waals surface area contributed by atoms with Crippen LogP contribution in [0.5, 0.6) is 0 Å². The maximum atomic E-state index is 11.3. The normalized spacial score (nSPS) is 11.9. The van der Waals surface area contributed by atoms with Crippen molar-refractivity contribution in [2.24, 2.45) is 11.5 Å². The highest BCUT2D eigenvalue weighted by atomic mass is 16.1. The predicted molar refractivity (Wildman–Crippen MR) is 92.9 cm³/mol. The van der Waals surface area contributed by atoms with Gasteiger partial charge in [-0.3, -0.25) is 4.79 Å². The van der Waals surface area contributed by atoms with E-state index < -0.39 is 5.91 Å². The minimum atomic E-state index is -0.422. The van der Waals surface area contributed by atoms with Crippen molar-refractivity contribution in [3.05, 3.63) is 95.6 Å². The van der Waals surface area contributed by atoms with Crippen LogP contribution in [-0.2, 0) is 0 Å². The minimum Gasteiger partial charge on any atom is -0.366 e. The number of carbonyl (C=O) groups is 1. The van der Waals surface area contributed by atoms with Gasteiger partial charge in [-0.15, -0.1) is 0 Å². The Labute approximate surface area is 135 Å². The molecule has 0 spiro atoms. The summed E-state index contributed by atoms with van der Waals surface area (Å²) in [6, 6.07) is 25.2. The maximum Gasteiger partial charge on any atom is 0.248 e. The zero-order valence-electron chi connectivity index (χ0n) is 12.6. The maximum absolute atomic E-state index is 11.3. The Bertz CT molecular complexity index is 811. The van der Waals surface area contributed by atoms with Crippen LogP contribution in [0.4, 0.5) is 0 Å². The lowest BCUT2D eigenvalue weighted by Gasteiger charge is -2.13. The molecule has 114 valence electrons. The van der Waals surface area contributed by atoms with Gasteiger partial charge in [-0.25, -0.2) is 0 Å². The Balaban J connectivity index is 1.88. The molecule has 3 heteroatoms. The molecule has 0 aliphatic carbocycles. The third kappa shape index (κ3) is 3.30. The Morgan fingerprint density at radius 3 is 2.04 bits per heavy atom. The molecule has 3 aromatic carbocycles. The first kappa shape index (κ1) is 15.0. The Morgan fingerprint density at radius 2 is 1.39 bits per heavy atom. The highest BCUT2D eigenvalue weighted by Gasteiger charge is 2.09. The molecule has 0 saturated carbocycles. The average Bonchev–Trinajstić information content (AvgIpc) is 2.62. The van der Waals surface area contributed by atoms with Crippen LogP contribution in [0.2, 0.25) is 0 Å². The standard InChI is InChI=1S/C20H18N2O/c21-19(15-5-2-1-3-6-15)16-11-9-14(10-12-16)17-7-4-8-18(13-17)20(22)23/h1-13,19H,21H2,(H2,22,23)/t19-/m0/s1. The fourth-order valence-corrected chi connectivity index (χ4v) is 2.59. The zero-order chi connectivity index (χ0) is 16.2. The quantitative estimate of drug-likeness (QED) is 0.774. The van der Waals surface area contributed by atoms with Crippen molar-refractivity contribution in [2.75, 3.05) is 0 Å². The summed E-state index contributed by atoms with van der Waals surface area (Å²) >= 11 is 0. The molecule has 3 aromatic rings. The van der Waals surface area contributed by atoms with E-state index in [4.69, 9.17) is 11.5 Å². The van der Waals surface area contributed by atoms with Crippen LogP contribution in [-0.4, -0.2) is 5.91 Å². The summed E-state index contributed by atoms with van der Waals surface area (Å²) in [5.41, 5.74) is 16.3. The summed E-state index contributed by atoms with van der Waals surface area (Å²) in [5, 5.41) is 0. The first-order valence-corrected chi connectivity index (χ1v) is 7.46. The van der Waals surface area contributed by atoms with Gasteiger partial charge < -0.3 is 11.5 Å². The van der Waals surface area contributed by atoms with Crippen molar-refractivity contribution in [3.63, 3.8) is 0 Å². The fourth-order valence-electron chi connectivity index (χ4n) is 2.59. The van der Waals surface area contributed by atoms with Gasteiger partial charge in [0, 0.05) is 5.56 Å². The number of primary amides is 1. The monoisotopic (exact) mass is 302 g/mol. The van der Waals surface area contributed by atoms with E-state index in [2.05, 4.69) is 0 Å². The first-order chi connectivity index (χ1) is 11.1. The van der Waals surface area contributed by atoms with Gasteiger partial charge in [-0.05, 0) is 34.4 Å². The smallest absolute Gasteiger partial charge is 0.248 e. The van der Waals surface area contributed by atoms with Crippen molar-refractivity contribution in [3.8, 4) is 11.1 Å². The Kier molecular flexibility index (Phi) is 4.22. The summed E-state index contributed by atoms with van der Waals surface area (Å²) in [6.07, 6.45) is 0. The van der Waals surface area contributed by atoms with Crippen molar-refractivity contribution in [2.45, 2.75) is 6.04 Å². The van der Waals surface area contributed by atoms with Gasteiger partial charge in [-0.1, -0.05) is 66.7 Å². The highest BCUT2D eigenvalue weighted by Crippen LogP contribution is 2.24. The Hall–Kier alpha value is -2.91. The topological polar surface area (TPSA) is 69.1 Å². The Morgan fingerprint density at radius 1 is 0.739 bits per heavy atom. The molecule has 0 fully saturated rings. The summed E-state index contributed by atoms with van der Waals surface area (Å²) in [7, 11) is 0. The van der Waals surface area contributed by atoms with E-state index in [1.54, 1.807) is 12.1 Å². The number of hydrogen-bond donors (Lipinski definition) is 2. The van der Waals surface area contributed by atoms with E-state index in [1.807, 2.05) is 66.7 Å². The van der Waals surface area contributed by atoms with Crippen molar-refractivity contribution >= 4 is 5.91 Å². The third-order valence-corrected chi connectivity index (χ3v) is 3.91. The van der Waals surface area contributed by atoms with Crippen LogP contribution in [0.15, 0.2) is 78.9 Å². The van der Waals surface area contributed by atoms with Crippen LogP contribution in [0.1, 0.15) is 27.5 Å². The van der Waals surface area contributed by atoms with Gasteiger partial charge in [0.05, 0.1) is 6.04 Å². The van der Waals surface area contributed by atoms with Gasteiger partial charge in [0.25, 0.3) is 0 Å². The van der Waals surface area contributed by atoms with Crippen molar-refractivity contribution in [1.82, 2.24) is 0 Å².